The second kappa shape index (κ2) is 6.32. The number of carboxylic acids is 1. The summed E-state index contributed by atoms with van der Waals surface area (Å²) in [6.45, 7) is 7.78. The van der Waals surface area contributed by atoms with Crippen LogP contribution in [0, 0.1) is 11.3 Å². The van der Waals surface area contributed by atoms with Crippen LogP contribution in [0.15, 0.2) is 0 Å². The van der Waals surface area contributed by atoms with Gasteiger partial charge in [-0.15, -0.1) is 0 Å². The largest absolute Gasteiger partial charge is 0.480 e. The Morgan fingerprint density at radius 1 is 1.33 bits per heavy atom. The van der Waals surface area contributed by atoms with E-state index in [9.17, 15) is 19.5 Å². The molecule has 1 fully saturated rings. The summed E-state index contributed by atoms with van der Waals surface area (Å²) in [6.07, 6.45) is -0.302. The molecule has 120 valence electrons. The van der Waals surface area contributed by atoms with Gasteiger partial charge < -0.3 is 20.1 Å². The molecule has 7 nitrogen and oxygen atoms in total. The van der Waals surface area contributed by atoms with Gasteiger partial charge in [-0.3, -0.25) is 4.79 Å². The molecule has 0 spiro atoms. The SMILES string of the molecule is COC(=O)N[C@H](C(=O)N1CC(C)(C)C[C@H]1C(=O)O)C(C)C. The van der Waals surface area contributed by atoms with Crippen molar-refractivity contribution in [3.63, 3.8) is 0 Å². The topological polar surface area (TPSA) is 95.9 Å². The number of nitrogens with zero attached hydrogens (tertiary/aromatic N) is 1. The average molecular weight is 300 g/mol. The number of carboxylic acid groups (broad SMARTS) is 1. The number of amides is 2. The Morgan fingerprint density at radius 2 is 1.90 bits per heavy atom. The predicted molar refractivity (Wildman–Crippen MR) is 75.7 cm³/mol. The molecule has 0 aromatic heterocycles. The zero-order valence-corrected chi connectivity index (χ0v) is 13.2. The highest BCUT2D eigenvalue weighted by Crippen LogP contribution is 2.34. The first-order valence-electron chi connectivity index (χ1n) is 6.97. The molecule has 7 heteroatoms. The van der Waals surface area contributed by atoms with Crippen LogP contribution in [0.2, 0.25) is 0 Å². The summed E-state index contributed by atoms with van der Waals surface area (Å²) < 4.78 is 4.52. The van der Waals surface area contributed by atoms with Crippen LogP contribution in [0.3, 0.4) is 0 Å². The summed E-state index contributed by atoms with van der Waals surface area (Å²) in [5.74, 6) is -1.57. The highest BCUT2D eigenvalue weighted by atomic mass is 16.5. The number of carbonyl (C=O) groups excluding carboxylic acids is 2. The lowest BCUT2D eigenvalue weighted by atomic mass is 9.91. The predicted octanol–water partition coefficient (Wildman–Crippen LogP) is 1.08. The first-order chi connectivity index (χ1) is 9.59. The lowest BCUT2D eigenvalue weighted by molar-refractivity contribution is -0.149. The maximum Gasteiger partial charge on any atom is 0.407 e. The fraction of sp³-hybridized carbons (Fsp3) is 0.786. The van der Waals surface area contributed by atoms with Crippen LogP contribution in [-0.2, 0) is 14.3 Å². The smallest absolute Gasteiger partial charge is 0.407 e. The Labute approximate surface area is 124 Å². The van der Waals surface area contributed by atoms with Crippen LogP contribution in [0.4, 0.5) is 4.79 Å². The summed E-state index contributed by atoms with van der Waals surface area (Å²) in [5, 5.41) is 11.8. The number of alkyl carbamates (subject to hydrolysis) is 1. The minimum Gasteiger partial charge on any atom is -0.480 e. The van der Waals surface area contributed by atoms with E-state index >= 15 is 0 Å². The van der Waals surface area contributed by atoms with E-state index in [0.717, 1.165) is 0 Å². The van der Waals surface area contributed by atoms with E-state index in [0.29, 0.717) is 13.0 Å². The standard InChI is InChI=1S/C14H24N2O5/c1-8(2)10(15-13(20)21-5)11(17)16-7-14(3,4)6-9(16)12(18)19/h8-10H,6-7H2,1-5H3,(H,15,20)(H,18,19)/t9-,10-/m0/s1. The number of hydrogen-bond acceptors (Lipinski definition) is 4. The average Bonchev–Trinajstić information content (AvgIpc) is 2.70. The van der Waals surface area contributed by atoms with Gasteiger partial charge in [-0.05, 0) is 17.8 Å². The molecule has 0 radical (unpaired) electrons. The normalized spacial score (nSPS) is 22.0. The molecule has 0 saturated carbocycles. The summed E-state index contributed by atoms with van der Waals surface area (Å²) in [7, 11) is 1.22. The molecule has 1 rings (SSSR count). The second-order valence-corrected chi connectivity index (χ2v) is 6.55. The van der Waals surface area contributed by atoms with Crippen molar-refractivity contribution in [1.29, 1.82) is 0 Å². The fourth-order valence-corrected chi connectivity index (χ4v) is 2.60. The van der Waals surface area contributed by atoms with Gasteiger partial charge in [0, 0.05) is 6.54 Å². The minimum absolute atomic E-state index is 0.172. The fourth-order valence-electron chi connectivity index (χ4n) is 2.60. The summed E-state index contributed by atoms with van der Waals surface area (Å²) in [6, 6.07) is -1.65. The Balaban J connectivity index is 2.96. The molecule has 1 saturated heterocycles. The van der Waals surface area contributed by atoms with E-state index in [1.165, 1.54) is 12.0 Å². The number of ether oxygens (including phenoxy) is 1. The molecule has 1 heterocycles. The molecule has 2 amide bonds. The lowest BCUT2D eigenvalue weighted by Gasteiger charge is -2.29. The highest BCUT2D eigenvalue weighted by Gasteiger charge is 2.46. The van der Waals surface area contributed by atoms with Gasteiger partial charge in [0.25, 0.3) is 0 Å². The van der Waals surface area contributed by atoms with Crippen LogP contribution < -0.4 is 5.32 Å². The first-order valence-corrected chi connectivity index (χ1v) is 6.97. The number of nitrogens with one attached hydrogen (secondary N) is 1. The van der Waals surface area contributed by atoms with Gasteiger partial charge in [0.15, 0.2) is 0 Å². The lowest BCUT2D eigenvalue weighted by Crippen LogP contribution is -2.54. The molecular weight excluding hydrogens is 276 g/mol. The van der Waals surface area contributed by atoms with Crippen molar-refractivity contribution in [1.82, 2.24) is 10.2 Å². The van der Waals surface area contributed by atoms with Gasteiger partial charge in [-0.2, -0.15) is 0 Å². The Bertz CT molecular complexity index is 433. The van der Waals surface area contributed by atoms with E-state index in [-0.39, 0.29) is 17.2 Å². The molecule has 1 aliphatic heterocycles. The van der Waals surface area contributed by atoms with E-state index < -0.39 is 24.1 Å². The molecule has 0 aromatic carbocycles. The number of aliphatic carboxylic acids is 1. The van der Waals surface area contributed by atoms with Gasteiger partial charge in [0.1, 0.15) is 12.1 Å². The van der Waals surface area contributed by atoms with Gasteiger partial charge >= 0.3 is 12.1 Å². The Hall–Kier alpha value is -1.79. The first kappa shape index (κ1) is 17.3. The van der Waals surface area contributed by atoms with Crippen LogP contribution in [0.1, 0.15) is 34.1 Å². The highest BCUT2D eigenvalue weighted by molar-refractivity contribution is 5.90. The molecule has 1 aliphatic rings. The van der Waals surface area contributed by atoms with E-state index in [2.05, 4.69) is 10.1 Å². The zero-order valence-electron chi connectivity index (χ0n) is 13.2. The van der Waals surface area contributed by atoms with Gasteiger partial charge in [0.2, 0.25) is 5.91 Å². The minimum atomic E-state index is -1.02. The van der Waals surface area contributed by atoms with Crippen molar-refractivity contribution >= 4 is 18.0 Å². The molecule has 0 unspecified atom stereocenters. The van der Waals surface area contributed by atoms with E-state index in [1.807, 2.05) is 13.8 Å². The summed E-state index contributed by atoms with van der Waals surface area (Å²) in [4.78, 5) is 36.7. The third-order valence-electron chi connectivity index (χ3n) is 3.68. The van der Waals surface area contributed by atoms with Crippen molar-refractivity contribution in [2.45, 2.75) is 46.2 Å². The molecule has 2 N–H and O–H groups in total. The van der Waals surface area contributed by atoms with Crippen molar-refractivity contribution in [3.8, 4) is 0 Å². The molecule has 2 atom stereocenters. The third kappa shape index (κ3) is 4.09. The maximum atomic E-state index is 12.6. The van der Waals surface area contributed by atoms with Crippen molar-refractivity contribution < 1.29 is 24.2 Å². The number of rotatable bonds is 4. The molecule has 0 bridgehead atoms. The van der Waals surface area contributed by atoms with E-state index in [4.69, 9.17) is 0 Å². The van der Waals surface area contributed by atoms with Crippen LogP contribution in [0.5, 0.6) is 0 Å². The van der Waals surface area contributed by atoms with E-state index in [1.54, 1.807) is 13.8 Å². The summed E-state index contributed by atoms with van der Waals surface area (Å²) in [5.41, 5.74) is -0.258. The molecule has 0 aliphatic carbocycles. The molecule has 21 heavy (non-hydrogen) atoms. The number of hydrogen-bond donors (Lipinski definition) is 2. The quantitative estimate of drug-likeness (QED) is 0.810. The monoisotopic (exact) mass is 300 g/mol. The van der Waals surface area contributed by atoms with Gasteiger partial charge in [-0.1, -0.05) is 27.7 Å². The van der Waals surface area contributed by atoms with Crippen LogP contribution in [0.25, 0.3) is 0 Å². The summed E-state index contributed by atoms with van der Waals surface area (Å²) >= 11 is 0. The van der Waals surface area contributed by atoms with Crippen LogP contribution >= 0.6 is 0 Å². The van der Waals surface area contributed by atoms with Crippen molar-refractivity contribution in [3.05, 3.63) is 0 Å². The number of likely N-dealkylation sites (tertiary alicyclic amines) is 1. The van der Waals surface area contributed by atoms with Gasteiger partial charge in [-0.25, -0.2) is 9.59 Å². The number of carbonyl (C=O) groups is 3. The van der Waals surface area contributed by atoms with Crippen molar-refractivity contribution in [2.24, 2.45) is 11.3 Å². The molecule has 0 aromatic rings. The second-order valence-electron chi connectivity index (χ2n) is 6.55. The van der Waals surface area contributed by atoms with Crippen LogP contribution in [-0.4, -0.2) is 53.7 Å². The number of methoxy groups -OCH3 is 1. The maximum absolute atomic E-state index is 12.6. The Kier molecular flexibility index (Phi) is 5.20. The van der Waals surface area contributed by atoms with Crippen molar-refractivity contribution in [2.75, 3.05) is 13.7 Å². The van der Waals surface area contributed by atoms with Gasteiger partial charge in [0.05, 0.1) is 7.11 Å². The Morgan fingerprint density at radius 3 is 2.33 bits per heavy atom. The zero-order chi connectivity index (χ0) is 16.4. The molecular formula is C14H24N2O5. The third-order valence-corrected chi connectivity index (χ3v) is 3.68.